The average molecular weight is 334 g/mol. The topological polar surface area (TPSA) is 0 Å². The van der Waals surface area contributed by atoms with Crippen LogP contribution in [0.1, 0.15) is 29.8 Å². The summed E-state index contributed by atoms with van der Waals surface area (Å²) in [6, 6.07) is 8.41. The van der Waals surface area contributed by atoms with Crippen LogP contribution in [-0.2, 0) is 0 Å². The molecule has 0 aliphatic carbocycles. The van der Waals surface area contributed by atoms with Crippen LogP contribution < -0.4 is 0 Å². The van der Waals surface area contributed by atoms with E-state index in [1.165, 1.54) is 16.5 Å². The van der Waals surface area contributed by atoms with Gasteiger partial charge in [0.05, 0.1) is 0 Å². The van der Waals surface area contributed by atoms with Crippen LogP contribution in [0.5, 0.6) is 0 Å². The van der Waals surface area contributed by atoms with Crippen LogP contribution in [0.25, 0.3) is 0 Å². The van der Waals surface area contributed by atoms with E-state index in [9.17, 15) is 0 Å². The first kappa shape index (κ1) is 11.5. The van der Waals surface area contributed by atoms with Crippen LogP contribution in [0.3, 0.4) is 0 Å². The molecule has 0 saturated heterocycles. The summed E-state index contributed by atoms with van der Waals surface area (Å²) in [6.45, 7) is 4.56. The summed E-state index contributed by atoms with van der Waals surface area (Å²) >= 11 is 6.12. The summed E-state index contributed by atoms with van der Waals surface area (Å²) < 4.78 is 2.17. The maximum absolute atomic E-state index is 6.03. The Labute approximate surface area is 107 Å². The van der Waals surface area contributed by atoms with Gasteiger partial charge in [-0.25, -0.2) is 0 Å². The van der Waals surface area contributed by atoms with Crippen LogP contribution in [0, 0.1) is 0 Å². The predicted molar refractivity (Wildman–Crippen MR) is 67.7 cm³/mol. The second kappa shape index (κ2) is 4.91. The van der Waals surface area contributed by atoms with E-state index in [4.69, 9.17) is 11.6 Å². The molecule has 0 amide bonds. The van der Waals surface area contributed by atoms with Crippen molar-refractivity contribution in [2.45, 2.75) is 28.7 Å². The molecule has 0 bridgehead atoms. The van der Waals surface area contributed by atoms with Crippen molar-refractivity contribution in [1.29, 1.82) is 0 Å². The molecule has 0 spiro atoms. The Morgan fingerprint density at radius 3 is 2.73 bits per heavy atom. The molecule has 0 N–H and O–H groups in total. The van der Waals surface area contributed by atoms with Crippen LogP contribution in [-0.4, -0.2) is 20.9 Å². The molecule has 1 aromatic carbocycles. The van der Waals surface area contributed by atoms with Crippen molar-refractivity contribution >= 4 is 32.5 Å². The molecular weight excluding hydrogens is 319 g/mol. The number of rotatable bonds is 1. The first-order chi connectivity index (χ1) is 7.16. The quantitative estimate of drug-likeness (QED) is 0.532. The Bertz CT molecular complexity index is 395. The molecule has 80 valence electrons. The minimum atomic E-state index is 0.0928. The fraction of sp³-hybridized carbons (Fsp3) is 0.385. The third kappa shape index (κ3) is 2.78. The van der Waals surface area contributed by atoms with E-state index < -0.39 is 0 Å². The molecule has 2 rings (SSSR count). The average Bonchev–Trinajstić information content (AvgIpc) is 2.22. The molecule has 0 aromatic heterocycles. The van der Waals surface area contributed by atoms with Crippen molar-refractivity contribution in [1.82, 2.24) is 0 Å². The first-order valence-corrected chi connectivity index (χ1v) is 8.56. The Morgan fingerprint density at radius 1 is 1.27 bits per heavy atom. The second-order valence-corrected chi connectivity index (χ2v) is 7.96. The van der Waals surface area contributed by atoms with Gasteiger partial charge in [-0.3, -0.25) is 0 Å². The monoisotopic (exact) mass is 336 g/mol. The van der Waals surface area contributed by atoms with Crippen LogP contribution in [0.15, 0.2) is 35.4 Å². The summed E-state index contributed by atoms with van der Waals surface area (Å²) in [5.41, 5.74) is 4.68. The van der Waals surface area contributed by atoms with Gasteiger partial charge in [-0.15, -0.1) is 0 Å². The molecule has 0 nitrogen and oxygen atoms in total. The molecule has 0 saturated carbocycles. The SMILES string of the molecule is CC1=C(C)CC(c2cccc(Cl)c2)[Te]C1. The van der Waals surface area contributed by atoms with E-state index in [1.54, 1.807) is 11.1 Å². The van der Waals surface area contributed by atoms with Gasteiger partial charge in [0.2, 0.25) is 0 Å². The van der Waals surface area contributed by atoms with Crippen molar-refractivity contribution in [2.75, 3.05) is 0 Å². The van der Waals surface area contributed by atoms with E-state index in [1.807, 2.05) is 6.07 Å². The molecule has 1 aromatic rings. The first-order valence-electron chi connectivity index (χ1n) is 5.19. The Hall–Kier alpha value is 0.0396. The van der Waals surface area contributed by atoms with E-state index in [0.717, 1.165) is 8.99 Å². The fourth-order valence-electron chi connectivity index (χ4n) is 1.78. The summed E-state index contributed by atoms with van der Waals surface area (Å²) in [7, 11) is 0. The predicted octanol–water partition coefficient (Wildman–Crippen LogP) is 4.24. The Morgan fingerprint density at radius 2 is 2.07 bits per heavy atom. The number of halogens is 1. The third-order valence-electron chi connectivity index (χ3n) is 2.94. The van der Waals surface area contributed by atoms with Gasteiger partial charge in [-0.1, -0.05) is 0 Å². The summed E-state index contributed by atoms with van der Waals surface area (Å²) in [4.78, 5) is 0. The van der Waals surface area contributed by atoms with Crippen LogP contribution in [0.4, 0.5) is 0 Å². The molecule has 1 aliphatic rings. The number of allylic oxidation sites excluding steroid dienone is 2. The molecule has 0 radical (unpaired) electrons. The normalized spacial score (nSPS) is 21.9. The zero-order valence-corrected chi connectivity index (χ0v) is 12.2. The molecule has 1 aliphatic heterocycles. The van der Waals surface area contributed by atoms with Gasteiger partial charge in [-0.2, -0.15) is 0 Å². The van der Waals surface area contributed by atoms with Crippen molar-refractivity contribution < 1.29 is 0 Å². The van der Waals surface area contributed by atoms with Gasteiger partial charge in [0.25, 0.3) is 0 Å². The Kier molecular flexibility index (Phi) is 3.78. The van der Waals surface area contributed by atoms with Crippen LogP contribution in [0.2, 0.25) is 9.49 Å². The van der Waals surface area contributed by atoms with Crippen molar-refractivity contribution in [3.8, 4) is 0 Å². The summed E-state index contributed by atoms with van der Waals surface area (Å²) in [5, 5.41) is 0.879. The van der Waals surface area contributed by atoms with Gasteiger partial charge in [-0.05, 0) is 0 Å². The van der Waals surface area contributed by atoms with E-state index >= 15 is 0 Å². The van der Waals surface area contributed by atoms with Gasteiger partial charge < -0.3 is 0 Å². The van der Waals surface area contributed by atoms with Crippen molar-refractivity contribution in [2.24, 2.45) is 0 Å². The van der Waals surface area contributed by atoms with E-state index in [0.29, 0.717) is 0 Å². The van der Waals surface area contributed by atoms with Gasteiger partial charge in [0, 0.05) is 0 Å². The standard InChI is InChI=1S/C13H15ClTe/c1-9-6-13(15-8-10(9)2)11-4-3-5-12(14)7-11/h3-5,7,13H,6,8H2,1-2H3. The fourth-order valence-corrected chi connectivity index (χ4v) is 5.99. The molecule has 1 heterocycles. The molecule has 1 atom stereocenters. The van der Waals surface area contributed by atoms with Crippen molar-refractivity contribution in [3.05, 3.63) is 46.0 Å². The number of benzene rings is 1. The summed E-state index contributed by atoms with van der Waals surface area (Å²) in [5.74, 6) is 0. The van der Waals surface area contributed by atoms with E-state index in [-0.39, 0.29) is 20.9 Å². The summed E-state index contributed by atoms with van der Waals surface area (Å²) in [6.07, 6.45) is 1.26. The van der Waals surface area contributed by atoms with E-state index in [2.05, 4.69) is 32.0 Å². The molecule has 1 unspecified atom stereocenters. The third-order valence-corrected chi connectivity index (χ3v) is 7.29. The number of hydrogen-bond acceptors (Lipinski definition) is 0. The molecule has 0 fully saturated rings. The maximum atomic E-state index is 6.03. The van der Waals surface area contributed by atoms with Crippen LogP contribution >= 0.6 is 11.6 Å². The van der Waals surface area contributed by atoms with Crippen molar-refractivity contribution in [3.63, 3.8) is 0 Å². The van der Waals surface area contributed by atoms with Gasteiger partial charge in [0.15, 0.2) is 0 Å². The van der Waals surface area contributed by atoms with Gasteiger partial charge in [0.1, 0.15) is 0 Å². The zero-order chi connectivity index (χ0) is 10.8. The Balaban J connectivity index is 2.20. The second-order valence-electron chi connectivity index (χ2n) is 4.12. The van der Waals surface area contributed by atoms with Gasteiger partial charge >= 0.3 is 107 Å². The minimum absolute atomic E-state index is 0.0928. The zero-order valence-electron chi connectivity index (χ0n) is 9.09. The molecule has 2 heteroatoms. The molecular formula is C13H15ClTe. The number of hydrogen-bond donors (Lipinski definition) is 0. The molecule has 15 heavy (non-hydrogen) atoms.